The van der Waals surface area contributed by atoms with Crippen molar-refractivity contribution >= 4 is 35.5 Å². The number of carbonyl (C=O) groups excluding carboxylic acids is 1. The fourth-order valence-corrected chi connectivity index (χ4v) is 2.02. The van der Waals surface area contributed by atoms with E-state index in [9.17, 15) is 14.9 Å². The highest BCUT2D eigenvalue weighted by Gasteiger charge is 2.08. The van der Waals surface area contributed by atoms with Gasteiger partial charge in [0.1, 0.15) is 5.75 Å². The van der Waals surface area contributed by atoms with E-state index in [1.54, 1.807) is 42.5 Å². The first-order chi connectivity index (χ1) is 12.1. The molecule has 0 saturated carbocycles. The number of nitrogens with zero attached hydrogens (tertiary/aromatic N) is 2. The summed E-state index contributed by atoms with van der Waals surface area (Å²) >= 11 is 5.90. The highest BCUT2D eigenvalue weighted by atomic mass is 35.5. The maximum absolute atomic E-state index is 11.6. The average Bonchev–Trinajstić information content (AvgIpc) is 2.61. The number of nitro groups is 1. The molecule has 2 rings (SSSR count). The van der Waals surface area contributed by atoms with Crippen LogP contribution >= 0.6 is 11.6 Å². The second kappa shape index (κ2) is 9.19. The number of ether oxygens (including phenoxy) is 1. The second-order valence-corrected chi connectivity index (χ2v) is 5.11. The van der Waals surface area contributed by atoms with Crippen LogP contribution in [0, 0.1) is 10.1 Å². The molecule has 1 amide bonds. The molecule has 0 aliphatic carbocycles. The lowest BCUT2D eigenvalue weighted by Crippen LogP contribution is -2.24. The lowest BCUT2D eigenvalue weighted by Gasteiger charge is -2.05. The molecule has 0 aromatic heterocycles. The molecule has 0 atom stereocenters. The van der Waals surface area contributed by atoms with Gasteiger partial charge in [-0.3, -0.25) is 14.9 Å². The number of rotatable bonds is 7. The zero-order chi connectivity index (χ0) is 18.1. The van der Waals surface area contributed by atoms with Gasteiger partial charge in [0.15, 0.2) is 6.61 Å². The van der Waals surface area contributed by atoms with E-state index in [0.717, 1.165) is 0 Å². The molecule has 0 heterocycles. The Balaban J connectivity index is 1.82. The zero-order valence-electron chi connectivity index (χ0n) is 13.0. The highest BCUT2D eigenvalue weighted by Crippen LogP contribution is 2.22. The number of para-hydroxylation sites is 2. The second-order valence-electron chi connectivity index (χ2n) is 4.71. The average molecular weight is 360 g/mol. The smallest absolute Gasteiger partial charge is 0.277 e. The van der Waals surface area contributed by atoms with Crippen LogP contribution in [0.4, 0.5) is 5.69 Å². The molecule has 0 fully saturated rings. The largest absolute Gasteiger partial charge is 0.482 e. The van der Waals surface area contributed by atoms with Crippen molar-refractivity contribution in [1.29, 1.82) is 0 Å². The molecule has 8 heteroatoms. The van der Waals surface area contributed by atoms with Crippen LogP contribution in [0.1, 0.15) is 5.56 Å². The molecule has 2 aromatic carbocycles. The normalized spacial score (nSPS) is 10.9. The van der Waals surface area contributed by atoms with Crippen molar-refractivity contribution in [3.8, 4) is 5.75 Å². The predicted octanol–water partition coefficient (Wildman–Crippen LogP) is 3.44. The summed E-state index contributed by atoms with van der Waals surface area (Å²) in [6.45, 7) is -0.241. The first kappa shape index (κ1) is 18.2. The molecule has 2 aromatic rings. The Morgan fingerprint density at radius 1 is 1.24 bits per heavy atom. The summed E-state index contributed by atoms with van der Waals surface area (Å²) < 4.78 is 5.26. The van der Waals surface area contributed by atoms with Gasteiger partial charge in [0.05, 0.1) is 15.5 Å². The van der Waals surface area contributed by atoms with E-state index >= 15 is 0 Å². The van der Waals surface area contributed by atoms with E-state index in [1.165, 1.54) is 24.4 Å². The quantitative estimate of drug-likeness (QED) is 0.465. The van der Waals surface area contributed by atoms with Crippen LogP contribution in [0.5, 0.6) is 5.75 Å². The summed E-state index contributed by atoms with van der Waals surface area (Å²) in [6.07, 6.45) is 4.32. The summed E-state index contributed by atoms with van der Waals surface area (Å²) in [5, 5.41) is 15.0. The number of allylic oxidation sites excluding steroid dienone is 1. The maximum Gasteiger partial charge on any atom is 0.277 e. The molecule has 0 aliphatic rings. The summed E-state index contributed by atoms with van der Waals surface area (Å²) in [7, 11) is 0. The molecule has 0 bridgehead atoms. The number of hydrazone groups is 1. The van der Waals surface area contributed by atoms with Crippen molar-refractivity contribution in [3.05, 3.63) is 75.3 Å². The van der Waals surface area contributed by atoms with E-state index in [1.807, 2.05) is 0 Å². The summed E-state index contributed by atoms with van der Waals surface area (Å²) in [6, 6.07) is 13.1. The van der Waals surface area contributed by atoms with Crippen LogP contribution < -0.4 is 10.2 Å². The van der Waals surface area contributed by atoms with Crippen LogP contribution in [0.25, 0.3) is 6.08 Å². The summed E-state index contributed by atoms with van der Waals surface area (Å²) in [5.41, 5.74) is 2.70. The number of benzene rings is 2. The number of nitro benzene ring substituents is 1. The molecule has 1 N–H and O–H groups in total. The molecule has 0 spiro atoms. The van der Waals surface area contributed by atoms with Gasteiger partial charge in [-0.25, -0.2) is 5.43 Å². The lowest BCUT2D eigenvalue weighted by atomic mass is 10.2. The van der Waals surface area contributed by atoms with Crippen molar-refractivity contribution in [2.75, 3.05) is 6.61 Å². The Labute approximate surface area is 148 Å². The van der Waals surface area contributed by atoms with Gasteiger partial charge in [0, 0.05) is 12.3 Å². The van der Waals surface area contributed by atoms with Gasteiger partial charge in [0.2, 0.25) is 0 Å². The van der Waals surface area contributed by atoms with Crippen molar-refractivity contribution in [2.24, 2.45) is 5.10 Å². The van der Waals surface area contributed by atoms with Crippen LogP contribution in [-0.2, 0) is 4.79 Å². The number of nitrogens with one attached hydrogen (secondary N) is 1. The van der Waals surface area contributed by atoms with Gasteiger partial charge in [0.25, 0.3) is 11.6 Å². The van der Waals surface area contributed by atoms with Crippen LogP contribution in [0.2, 0.25) is 5.02 Å². The molecule has 7 nitrogen and oxygen atoms in total. The standard InChI is InChI=1S/C17H14ClN3O4/c18-14-8-2-4-10-16(14)25-12-17(22)20-19-11-5-7-13-6-1-3-9-15(13)21(23)24/h1-11H,12H2,(H,20,22)/b7-5+,19-11-. The third-order valence-electron chi connectivity index (χ3n) is 2.95. The number of halogens is 1. The fraction of sp³-hybridized carbons (Fsp3) is 0.0588. The minimum absolute atomic E-state index is 0.00988. The molecule has 0 saturated heterocycles. The number of carbonyl (C=O) groups is 1. The van der Waals surface area contributed by atoms with Crippen LogP contribution in [0.3, 0.4) is 0 Å². The topological polar surface area (TPSA) is 93.8 Å². The summed E-state index contributed by atoms with van der Waals surface area (Å²) in [5.74, 6) is -0.0603. The van der Waals surface area contributed by atoms with E-state index in [0.29, 0.717) is 16.3 Å². The number of hydrogen-bond acceptors (Lipinski definition) is 5. The zero-order valence-corrected chi connectivity index (χ0v) is 13.7. The van der Waals surface area contributed by atoms with Crippen molar-refractivity contribution in [2.45, 2.75) is 0 Å². The van der Waals surface area contributed by atoms with Crippen molar-refractivity contribution < 1.29 is 14.5 Å². The first-order valence-corrected chi connectivity index (χ1v) is 7.55. The van der Waals surface area contributed by atoms with Gasteiger partial charge in [-0.05, 0) is 30.4 Å². The third-order valence-corrected chi connectivity index (χ3v) is 3.27. The minimum atomic E-state index is -0.468. The minimum Gasteiger partial charge on any atom is -0.482 e. The Morgan fingerprint density at radius 2 is 1.96 bits per heavy atom. The van der Waals surface area contributed by atoms with Gasteiger partial charge in [-0.15, -0.1) is 0 Å². The van der Waals surface area contributed by atoms with E-state index < -0.39 is 10.8 Å². The fourth-order valence-electron chi connectivity index (χ4n) is 1.83. The molecule has 0 aliphatic heterocycles. The third kappa shape index (κ3) is 5.74. The van der Waals surface area contributed by atoms with Crippen molar-refractivity contribution in [3.63, 3.8) is 0 Å². The monoisotopic (exact) mass is 359 g/mol. The van der Waals surface area contributed by atoms with E-state index in [4.69, 9.17) is 16.3 Å². The highest BCUT2D eigenvalue weighted by molar-refractivity contribution is 6.32. The maximum atomic E-state index is 11.6. The molecule has 25 heavy (non-hydrogen) atoms. The first-order valence-electron chi connectivity index (χ1n) is 7.17. The Kier molecular flexibility index (Phi) is 6.67. The summed E-state index contributed by atoms with van der Waals surface area (Å²) in [4.78, 5) is 22.0. The van der Waals surface area contributed by atoms with Gasteiger partial charge in [-0.2, -0.15) is 5.10 Å². The molecule has 0 unspecified atom stereocenters. The number of amides is 1. The van der Waals surface area contributed by atoms with Crippen LogP contribution in [-0.4, -0.2) is 23.7 Å². The number of hydrogen-bond donors (Lipinski definition) is 1. The van der Waals surface area contributed by atoms with Gasteiger partial charge >= 0.3 is 0 Å². The Hall–Kier alpha value is -3.19. The Morgan fingerprint density at radius 3 is 2.72 bits per heavy atom. The van der Waals surface area contributed by atoms with E-state index in [2.05, 4.69) is 10.5 Å². The molecular formula is C17H14ClN3O4. The Bertz CT molecular complexity index is 821. The van der Waals surface area contributed by atoms with E-state index in [-0.39, 0.29) is 12.3 Å². The van der Waals surface area contributed by atoms with Gasteiger partial charge in [-0.1, -0.05) is 35.9 Å². The molecular weight excluding hydrogens is 346 g/mol. The molecule has 128 valence electrons. The lowest BCUT2D eigenvalue weighted by molar-refractivity contribution is -0.385. The SMILES string of the molecule is O=C(COc1ccccc1Cl)N/N=C\C=C\c1ccccc1[N+](=O)[O-]. The van der Waals surface area contributed by atoms with Gasteiger partial charge < -0.3 is 4.74 Å². The van der Waals surface area contributed by atoms with Crippen molar-refractivity contribution in [1.82, 2.24) is 5.43 Å². The predicted molar refractivity (Wildman–Crippen MR) is 95.7 cm³/mol. The molecule has 0 radical (unpaired) electrons. The van der Waals surface area contributed by atoms with Crippen LogP contribution in [0.15, 0.2) is 59.7 Å².